The van der Waals surface area contributed by atoms with Crippen LogP contribution in [0.1, 0.15) is 25.8 Å². The smallest absolute Gasteiger partial charge is 0.207 e. The summed E-state index contributed by atoms with van der Waals surface area (Å²) in [5.74, 6) is 0.449. The third kappa shape index (κ3) is 2.38. The van der Waals surface area contributed by atoms with E-state index in [1.54, 1.807) is 16.4 Å². The van der Waals surface area contributed by atoms with Crippen molar-refractivity contribution in [2.24, 2.45) is 5.92 Å². The molecule has 0 N–H and O–H groups in total. The molecule has 4 heteroatoms. The van der Waals surface area contributed by atoms with Gasteiger partial charge < -0.3 is 0 Å². The molecular weight excluding hydrogens is 234 g/mol. The van der Waals surface area contributed by atoms with Crippen molar-refractivity contribution in [3.8, 4) is 0 Å². The quantitative estimate of drug-likeness (QED) is 0.811. The fourth-order valence-corrected chi connectivity index (χ4v) is 4.20. The first-order valence-corrected chi connectivity index (χ1v) is 7.44. The summed E-state index contributed by atoms with van der Waals surface area (Å²) in [5.41, 5.74) is 1.08. The van der Waals surface area contributed by atoms with Gasteiger partial charge in [0, 0.05) is 12.6 Å². The molecule has 0 radical (unpaired) electrons. The SMILES string of the molecule is Cc1ccc(S(=O)(=O)N2C[C@@H](C)CC2C)cc1. The molecule has 0 amide bonds. The van der Waals surface area contributed by atoms with Crippen molar-refractivity contribution in [2.75, 3.05) is 6.54 Å². The molecule has 1 aliphatic rings. The number of sulfonamides is 1. The predicted octanol–water partition coefficient (Wildman–Crippen LogP) is 2.41. The van der Waals surface area contributed by atoms with Crippen LogP contribution in [0.4, 0.5) is 0 Å². The van der Waals surface area contributed by atoms with Crippen LogP contribution in [0.3, 0.4) is 0 Å². The Labute approximate surface area is 104 Å². The molecule has 0 aliphatic carbocycles. The summed E-state index contributed by atoms with van der Waals surface area (Å²) in [7, 11) is -3.30. The van der Waals surface area contributed by atoms with E-state index in [0.717, 1.165) is 12.0 Å². The maximum atomic E-state index is 12.4. The van der Waals surface area contributed by atoms with Crippen LogP contribution in [-0.2, 0) is 10.0 Å². The molecule has 0 saturated carbocycles. The molecule has 1 saturated heterocycles. The van der Waals surface area contributed by atoms with Crippen LogP contribution in [0.5, 0.6) is 0 Å². The van der Waals surface area contributed by atoms with Gasteiger partial charge in [0.05, 0.1) is 4.90 Å². The van der Waals surface area contributed by atoms with Crippen molar-refractivity contribution < 1.29 is 8.42 Å². The summed E-state index contributed by atoms with van der Waals surface area (Å²) in [5, 5.41) is 0. The summed E-state index contributed by atoms with van der Waals surface area (Å²) in [4.78, 5) is 0.407. The molecule has 17 heavy (non-hydrogen) atoms. The van der Waals surface area contributed by atoms with Gasteiger partial charge in [0.1, 0.15) is 0 Å². The van der Waals surface area contributed by atoms with Crippen molar-refractivity contribution in [2.45, 2.75) is 38.1 Å². The van der Waals surface area contributed by atoms with Gasteiger partial charge in [-0.2, -0.15) is 4.31 Å². The third-order valence-corrected chi connectivity index (χ3v) is 5.35. The second-order valence-electron chi connectivity index (χ2n) is 5.08. The zero-order valence-electron chi connectivity index (χ0n) is 10.6. The predicted molar refractivity (Wildman–Crippen MR) is 68.3 cm³/mol. The van der Waals surface area contributed by atoms with Gasteiger partial charge in [0.25, 0.3) is 0 Å². The van der Waals surface area contributed by atoms with Gasteiger partial charge in [-0.05, 0) is 38.3 Å². The third-order valence-electron chi connectivity index (χ3n) is 3.35. The summed E-state index contributed by atoms with van der Waals surface area (Å²) >= 11 is 0. The van der Waals surface area contributed by atoms with Crippen LogP contribution in [0, 0.1) is 12.8 Å². The lowest BCUT2D eigenvalue weighted by molar-refractivity contribution is 0.405. The van der Waals surface area contributed by atoms with Gasteiger partial charge in [0.15, 0.2) is 0 Å². The van der Waals surface area contributed by atoms with E-state index in [0.29, 0.717) is 17.4 Å². The minimum atomic E-state index is -3.30. The van der Waals surface area contributed by atoms with Gasteiger partial charge in [-0.3, -0.25) is 0 Å². The van der Waals surface area contributed by atoms with Crippen LogP contribution in [-0.4, -0.2) is 25.3 Å². The Bertz CT molecular complexity index is 493. The minimum Gasteiger partial charge on any atom is -0.207 e. The molecule has 0 bridgehead atoms. The first-order valence-electron chi connectivity index (χ1n) is 6.00. The first-order chi connectivity index (χ1) is 7.91. The molecule has 0 aromatic heterocycles. The largest absolute Gasteiger partial charge is 0.243 e. The molecule has 1 aromatic rings. The number of aryl methyl sites for hydroxylation is 1. The highest BCUT2D eigenvalue weighted by Crippen LogP contribution is 2.28. The summed E-state index contributed by atoms with van der Waals surface area (Å²) in [6.07, 6.45) is 0.949. The zero-order chi connectivity index (χ0) is 12.6. The van der Waals surface area contributed by atoms with Gasteiger partial charge in [-0.1, -0.05) is 24.6 Å². The Balaban J connectivity index is 2.33. The van der Waals surface area contributed by atoms with E-state index < -0.39 is 10.0 Å². The van der Waals surface area contributed by atoms with Crippen molar-refractivity contribution in [1.82, 2.24) is 4.31 Å². The Hall–Kier alpha value is -0.870. The van der Waals surface area contributed by atoms with Crippen LogP contribution >= 0.6 is 0 Å². The van der Waals surface area contributed by atoms with Gasteiger partial charge in [0.2, 0.25) is 10.0 Å². The van der Waals surface area contributed by atoms with Crippen LogP contribution in [0.15, 0.2) is 29.2 Å². The molecule has 1 unspecified atom stereocenters. The van der Waals surface area contributed by atoms with E-state index in [1.165, 1.54) is 0 Å². The fourth-order valence-electron chi connectivity index (χ4n) is 2.44. The lowest BCUT2D eigenvalue weighted by Crippen LogP contribution is -2.33. The van der Waals surface area contributed by atoms with E-state index in [1.807, 2.05) is 26.0 Å². The number of hydrogen-bond acceptors (Lipinski definition) is 2. The zero-order valence-corrected chi connectivity index (χ0v) is 11.4. The average Bonchev–Trinajstić information content (AvgIpc) is 2.59. The monoisotopic (exact) mass is 253 g/mol. The number of hydrogen-bond donors (Lipinski definition) is 0. The van der Waals surface area contributed by atoms with Crippen LogP contribution < -0.4 is 0 Å². The van der Waals surface area contributed by atoms with Gasteiger partial charge in [-0.15, -0.1) is 0 Å². The second-order valence-corrected chi connectivity index (χ2v) is 6.97. The lowest BCUT2D eigenvalue weighted by atomic mass is 10.1. The Morgan fingerprint density at radius 3 is 2.24 bits per heavy atom. The van der Waals surface area contributed by atoms with E-state index in [4.69, 9.17) is 0 Å². The van der Waals surface area contributed by atoms with Crippen LogP contribution in [0.25, 0.3) is 0 Å². The Morgan fingerprint density at radius 1 is 1.18 bits per heavy atom. The van der Waals surface area contributed by atoms with E-state index >= 15 is 0 Å². The molecule has 1 aliphatic heterocycles. The summed E-state index contributed by atoms with van der Waals surface area (Å²) in [6, 6.07) is 7.19. The highest BCUT2D eigenvalue weighted by atomic mass is 32.2. The van der Waals surface area contributed by atoms with Crippen molar-refractivity contribution in [3.05, 3.63) is 29.8 Å². The van der Waals surface area contributed by atoms with E-state index in [9.17, 15) is 8.42 Å². The van der Waals surface area contributed by atoms with Crippen LogP contribution in [0.2, 0.25) is 0 Å². The fraction of sp³-hybridized carbons (Fsp3) is 0.538. The minimum absolute atomic E-state index is 0.108. The van der Waals surface area contributed by atoms with Gasteiger partial charge in [-0.25, -0.2) is 8.42 Å². The van der Waals surface area contributed by atoms with Gasteiger partial charge >= 0.3 is 0 Å². The van der Waals surface area contributed by atoms with E-state index in [2.05, 4.69) is 6.92 Å². The molecular formula is C13H19NO2S. The standard InChI is InChI=1S/C13H19NO2S/c1-10-4-6-13(7-5-10)17(15,16)14-9-11(2)8-12(14)3/h4-7,11-12H,8-9H2,1-3H3/t11-,12?/m0/s1. The Morgan fingerprint density at radius 2 is 1.76 bits per heavy atom. The van der Waals surface area contributed by atoms with Crippen molar-refractivity contribution in [1.29, 1.82) is 0 Å². The molecule has 1 fully saturated rings. The number of nitrogens with zero attached hydrogens (tertiary/aromatic N) is 1. The molecule has 1 aromatic carbocycles. The summed E-state index contributed by atoms with van der Waals surface area (Å²) < 4.78 is 26.5. The Kier molecular flexibility index (Phi) is 3.27. The number of benzene rings is 1. The highest BCUT2D eigenvalue weighted by molar-refractivity contribution is 7.89. The molecule has 2 atom stereocenters. The van der Waals surface area contributed by atoms with Crippen molar-refractivity contribution in [3.63, 3.8) is 0 Å². The maximum absolute atomic E-state index is 12.4. The normalized spacial score (nSPS) is 26.3. The molecule has 94 valence electrons. The first kappa shape index (κ1) is 12.6. The molecule has 3 nitrogen and oxygen atoms in total. The van der Waals surface area contributed by atoms with Crippen molar-refractivity contribution >= 4 is 10.0 Å². The number of rotatable bonds is 2. The van der Waals surface area contributed by atoms with E-state index in [-0.39, 0.29) is 6.04 Å². The summed E-state index contributed by atoms with van der Waals surface area (Å²) in [6.45, 7) is 6.67. The molecule has 2 rings (SSSR count). The highest BCUT2D eigenvalue weighted by Gasteiger charge is 2.35. The molecule has 0 spiro atoms. The second kappa shape index (κ2) is 4.42. The maximum Gasteiger partial charge on any atom is 0.243 e. The molecule has 1 heterocycles. The average molecular weight is 253 g/mol. The lowest BCUT2D eigenvalue weighted by Gasteiger charge is -2.21. The topological polar surface area (TPSA) is 37.4 Å².